The third-order valence-corrected chi connectivity index (χ3v) is 4.66. The smallest absolute Gasteiger partial charge is 0.225 e. The minimum absolute atomic E-state index is 0.0244. The van der Waals surface area contributed by atoms with Gasteiger partial charge in [-0.05, 0) is 48.4 Å². The van der Waals surface area contributed by atoms with Gasteiger partial charge < -0.3 is 19.5 Å². The number of pyridine rings is 1. The summed E-state index contributed by atoms with van der Waals surface area (Å²) in [5, 5.41) is 2.91. The minimum Gasteiger partial charge on any atom is -0.493 e. The van der Waals surface area contributed by atoms with Gasteiger partial charge in [0.15, 0.2) is 11.5 Å². The second-order valence-electron chi connectivity index (χ2n) is 6.40. The number of carbonyl (C=O) groups excluding carboxylic acids is 1. The zero-order valence-corrected chi connectivity index (χ0v) is 15.3. The molecule has 0 spiro atoms. The lowest BCUT2D eigenvalue weighted by Crippen LogP contribution is -2.17. The average molecular weight is 356 g/mol. The Hall–Kier alpha value is -2.76. The van der Waals surface area contributed by atoms with Crippen molar-refractivity contribution in [3.05, 3.63) is 42.1 Å². The predicted octanol–water partition coefficient (Wildman–Crippen LogP) is 3.63. The third-order valence-electron chi connectivity index (χ3n) is 4.66. The number of methoxy groups -OCH3 is 3. The van der Waals surface area contributed by atoms with Crippen LogP contribution in [0.15, 0.2) is 36.5 Å². The van der Waals surface area contributed by atoms with Crippen LogP contribution >= 0.6 is 0 Å². The third kappa shape index (κ3) is 4.25. The van der Waals surface area contributed by atoms with E-state index in [1.54, 1.807) is 39.7 Å². The number of ether oxygens (including phenoxy) is 3. The lowest BCUT2D eigenvalue weighted by atomic mass is 9.90. The van der Waals surface area contributed by atoms with Crippen LogP contribution in [-0.4, -0.2) is 32.2 Å². The Morgan fingerprint density at radius 1 is 1.12 bits per heavy atom. The molecule has 1 amide bonds. The van der Waals surface area contributed by atoms with Crippen molar-refractivity contribution in [3.8, 4) is 17.4 Å². The van der Waals surface area contributed by atoms with Gasteiger partial charge >= 0.3 is 0 Å². The number of nitrogens with zero attached hydrogens (tertiary/aromatic N) is 1. The lowest BCUT2D eigenvalue weighted by Gasteiger charge is -2.18. The van der Waals surface area contributed by atoms with E-state index in [4.69, 9.17) is 14.2 Å². The summed E-state index contributed by atoms with van der Waals surface area (Å²) in [6, 6.07) is 9.40. The molecule has 0 saturated heterocycles. The fourth-order valence-corrected chi connectivity index (χ4v) is 3.13. The topological polar surface area (TPSA) is 69.7 Å². The zero-order valence-electron chi connectivity index (χ0n) is 15.3. The van der Waals surface area contributed by atoms with Gasteiger partial charge in [-0.1, -0.05) is 6.07 Å². The highest BCUT2D eigenvalue weighted by molar-refractivity contribution is 5.91. The Bertz CT molecular complexity index is 757. The van der Waals surface area contributed by atoms with E-state index in [1.807, 2.05) is 18.2 Å². The molecule has 1 heterocycles. The monoisotopic (exact) mass is 356 g/mol. The van der Waals surface area contributed by atoms with E-state index in [0.29, 0.717) is 35.4 Å². The second-order valence-corrected chi connectivity index (χ2v) is 6.40. The molecule has 6 nitrogen and oxygen atoms in total. The molecule has 138 valence electrons. The van der Waals surface area contributed by atoms with Crippen LogP contribution in [0.5, 0.6) is 17.4 Å². The Morgan fingerprint density at radius 3 is 2.46 bits per heavy atom. The molecule has 1 atom stereocenters. The molecular formula is C20H24N2O4. The molecule has 1 N–H and O–H groups in total. The van der Waals surface area contributed by atoms with Crippen molar-refractivity contribution in [1.82, 2.24) is 4.98 Å². The first kappa shape index (κ1) is 18.0. The Balaban J connectivity index is 1.71. The molecule has 0 bridgehead atoms. The average Bonchev–Trinajstić information content (AvgIpc) is 3.51. The fraction of sp³-hybridized carbons (Fsp3) is 0.400. The van der Waals surface area contributed by atoms with Crippen LogP contribution in [0.1, 0.15) is 30.7 Å². The molecule has 1 aliphatic carbocycles. The molecule has 0 radical (unpaired) electrons. The van der Waals surface area contributed by atoms with Crippen LogP contribution in [-0.2, 0) is 4.79 Å². The summed E-state index contributed by atoms with van der Waals surface area (Å²) >= 11 is 0. The minimum atomic E-state index is -0.0244. The molecule has 3 rings (SSSR count). The number of carbonyl (C=O) groups is 1. The van der Waals surface area contributed by atoms with Crippen molar-refractivity contribution in [2.45, 2.75) is 25.2 Å². The van der Waals surface area contributed by atoms with Crippen molar-refractivity contribution in [2.24, 2.45) is 5.92 Å². The van der Waals surface area contributed by atoms with Crippen molar-refractivity contribution < 1.29 is 19.0 Å². The maximum Gasteiger partial charge on any atom is 0.225 e. The van der Waals surface area contributed by atoms with Crippen LogP contribution in [0.4, 0.5) is 5.69 Å². The summed E-state index contributed by atoms with van der Waals surface area (Å²) in [4.78, 5) is 16.6. The van der Waals surface area contributed by atoms with Crippen molar-refractivity contribution in [2.75, 3.05) is 26.6 Å². The van der Waals surface area contributed by atoms with Gasteiger partial charge in [-0.25, -0.2) is 4.98 Å². The lowest BCUT2D eigenvalue weighted by molar-refractivity contribution is -0.116. The van der Waals surface area contributed by atoms with E-state index in [9.17, 15) is 4.79 Å². The van der Waals surface area contributed by atoms with Gasteiger partial charge in [0.2, 0.25) is 11.8 Å². The maximum atomic E-state index is 12.5. The van der Waals surface area contributed by atoms with E-state index in [2.05, 4.69) is 10.3 Å². The zero-order chi connectivity index (χ0) is 18.5. The van der Waals surface area contributed by atoms with Crippen molar-refractivity contribution in [3.63, 3.8) is 0 Å². The SMILES string of the molecule is COc1ccc(NC(=O)CC(c2ccc(OC)c(OC)c2)C2CC2)cn1. The quantitative estimate of drug-likeness (QED) is 0.782. The summed E-state index contributed by atoms with van der Waals surface area (Å²) in [6.07, 6.45) is 4.32. The van der Waals surface area contributed by atoms with Crippen LogP contribution in [0, 0.1) is 5.92 Å². The van der Waals surface area contributed by atoms with Crippen LogP contribution in [0.2, 0.25) is 0 Å². The summed E-state index contributed by atoms with van der Waals surface area (Å²) in [6.45, 7) is 0. The van der Waals surface area contributed by atoms with Crippen LogP contribution < -0.4 is 19.5 Å². The predicted molar refractivity (Wildman–Crippen MR) is 99.0 cm³/mol. The highest BCUT2D eigenvalue weighted by Crippen LogP contribution is 2.46. The molecule has 1 aliphatic rings. The highest BCUT2D eigenvalue weighted by Gasteiger charge is 2.34. The van der Waals surface area contributed by atoms with Crippen molar-refractivity contribution in [1.29, 1.82) is 0 Å². The molecule has 1 aromatic heterocycles. The molecule has 6 heteroatoms. The largest absolute Gasteiger partial charge is 0.493 e. The summed E-state index contributed by atoms with van der Waals surface area (Å²) in [5.74, 6) is 2.58. The van der Waals surface area contributed by atoms with Gasteiger partial charge in [-0.3, -0.25) is 4.79 Å². The second kappa shape index (κ2) is 8.08. The Labute approximate surface area is 153 Å². The number of nitrogens with one attached hydrogen (secondary N) is 1. The van der Waals surface area contributed by atoms with E-state index < -0.39 is 0 Å². The van der Waals surface area contributed by atoms with Gasteiger partial charge in [-0.2, -0.15) is 0 Å². The maximum absolute atomic E-state index is 12.5. The molecule has 1 fully saturated rings. The highest BCUT2D eigenvalue weighted by atomic mass is 16.5. The molecular weight excluding hydrogens is 332 g/mol. The normalized spacial score (nSPS) is 14.4. The van der Waals surface area contributed by atoms with Crippen LogP contribution in [0.25, 0.3) is 0 Å². The molecule has 1 unspecified atom stereocenters. The molecule has 0 aliphatic heterocycles. The number of benzene rings is 1. The van der Waals surface area contributed by atoms with Gasteiger partial charge in [0.05, 0.1) is 33.2 Å². The van der Waals surface area contributed by atoms with Crippen molar-refractivity contribution >= 4 is 11.6 Å². The summed E-state index contributed by atoms with van der Waals surface area (Å²) in [7, 11) is 4.80. The molecule has 1 aromatic carbocycles. The van der Waals surface area contributed by atoms with E-state index in [0.717, 1.165) is 18.4 Å². The molecule has 1 saturated carbocycles. The number of hydrogen-bond acceptors (Lipinski definition) is 5. The summed E-state index contributed by atoms with van der Waals surface area (Å²) < 4.78 is 15.7. The first-order chi connectivity index (χ1) is 12.6. The van der Waals surface area contributed by atoms with E-state index >= 15 is 0 Å². The Morgan fingerprint density at radius 2 is 1.88 bits per heavy atom. The van der Waals surface area contributed by atoms with Gasteiger partial charge in [0, 0.05) is 12.5 Å². The fourth-order valence-electron chi connectivity index (χ4n) is 3.13. The molecule has 26 heavy (non-hydrogen) atoms. The standard InChI is InChI=1S/C20H24N2O4/c1-24-17-8-6-14(10-18(17)25-2)16(13-4-5-13)11-19(23)22-15-7-9-20(26-3)21-12-15/h6-10,12-13,16H,4-5,11H2,1-3H3,(H,22,23). The first-order valence-corrected chi connectivity index (χ1v) is 8.66. The van der Waals surface area contributed by atoms with E-state index in [-0.39, 0.29) is 11.8 Å². The molecule has 2 aromatic rings. The number of anilines is 1. The number of aromatic nitrogens is 1. The first-order valence-electron chi connectivity index (χ1n) is 8.66. The number of amides is 1. The van der Waals surface area contributed by atoms with E-state index in [1.165, 1.54) is 0 Å². The van der Waals surface area contributed by atoms with Gasteiger partial charge in [0.25, 0.3) is 0 Å². The van der Waals surface area contributed by atoms with Crippen LogP contribution in [0.3, 0.4) is 0 Å². The summed E-state index contributed by atoms with van der Waals surface area (Å²) in [5.41, 5.74) is 1.77. The van der Waals surface area contributed by atoms with Gasteiger partial charge in [0.1, 0.15) is 0 Å². The Kier molecular flexibility index (Phi) is 5.61. The van der Waals surface area contributed by atoms with Gasteiger partial charge in [-0.15, -0.1) is 0 Å². The number of rotatable bonds is 8. The number of hydrogen-bond donors (Lipinski definition) is 1.